The van der Waals surface area contributed by atoms with E-state index in [9.17, 15) is 4.79 Å². The van der Waals surface area contributed by atoms with Gasteiger partial charge in [0.2, 0.25) is 0 Å². The van der Waals surface area contributed by atoms with Gasteiger partial charge < -0.3 is 9.88 Å². The number of nitrogens with zero attached hydrogens (tertiary/aromatic N) is 5. The van der Waals surface area contributed by atoms with Gasteiger partial charge in [0.1, 0.15) is 6.04 Å². The SMILES string of the molecule is Cc1cccc2cc([C@@H](c3nnnn3Cc3ccccc3)N3c4ccccc4C[C@@H]3C)c(=O)[nH]c12. The molecule has 3 heterocycles. The molecule has 0 amide bonds. The maximum Gasteiger partial charge on any atom is 0.254 e. The summed E-state index contributed by atoms with van der Waals surface area (Å²) in [5, 5.41) is 13.9. The number of pyridine rings is 1. The lowest BCUT2D eigenvalue weighted by molar-refractivity contribution is 0.544. The Morgan fingerprint density at radius 1 is 1.03 bits per heavy atom. The quantitative estimate of drug-likeness (QED) is 0.419. The fraction of sp³-hybridized carbons (Fsp3) is 0.214. The Balaban J connectivity index is 1.56. The predicted molar refractivity (Wildman–Crippen MR) is 137 cm³/mol. The van der Waals surface area contributed by atoms with E-state index in [2.05, 4.69) is 62.7 Å². The van der Waals surface area contributed by atoms with Gasteiger partial charge in [-0.2, -0.15) is 0 Å². The molecule has 0 fully saturated rings. The van der Waals surface area contributed by atoms with Crippen LogP contribution in [0.15, 0.2) is 83.7 Å². The molecule has 0 radical (unpaired) electrons. The topological polar surface area (TPSA) is 79.7 Å². The number of aromatic amines is 1. The van der Waals surface area contributed by atoms with Crippen LogP contribution in [0.1, 0.15) is 41.0 Å². The first kappa shape index (κ1) is 21.3. The summed E-state index contributed by atoms with van der Waals surface area (Å²) in [7, 11) is 0. The molecule has 0 bridgehead atoms. The lowest BCUT2D eigenvalue weighted by Crippen LogP contribution is -2.39. The molecule has 1 aliphatic rings. The molecule has 5 aromatic rings. The van der Waals surface area contributed by atoms with Crippen LogP contribution in [-0.2, 0) is 13.0 Å². The summed E-state index contributed by atoms with van der Waals surface area (Å²) in [6, 6.07) is 26.3. The fourth-order valence-electron chi connectivity index (χ4n) is 5.28. The number of H-pyrrole nitrogens is 1. The molecule has 174 valence electrons. The molecule has 0 spiro atoms. The Morgan fingerprint density at radius 3 is 2.69 bits per heavy atom. The first-order valence-electron chi connectivity index (χ1n) is 11.9. The molecular formula is C28H26N6O. The smallest absolute Gasteiger partial charge is 0.254 e. The van der Waals surface area contributed by atoms with Crippen molar-refractivity contribution in [2.75, 3.05) is 4.90 Å². The Morgan fingerprint density at radius 2 is 1.83 bits per heavy atom. The molecule has 35 heavy (non-hydrogen) atoms. The number of fused-ring (bicyclic) bond motifs is 2. The summed E-state index contributed by atoms with van der Waals surface area (Å²) >= 11 is 0. The molecule has 3 aromatic carbocycles. The summed E-state index contributed by atoms with van der Waals surface area (Å²) in [6.45, 7) is 4.72. The molecule has 2 aromatic heterocycles. The second kappa shape index (κ2) is 8.51. The highest BCUT2D eigenvalue weighted by Gasteiger charge is 2.37. The van der Waals surface area contributed by atoms with E-state index < -0.39 is 6.04 Å². The third-order valence-electron chi connectivity index (χ3n) is 6.93. The van der Waals surface area contributed by atoms with E-state index >= 15 is 0 Å². The third-order valence-corrected chi connectivity index (χ3v) is 6.93. The standard InChI is InChI=1S/C28H26N6O/c1-18-9-8-13-22-16-23(28(35)29-25(18)22)26(34-19(2)15-21-12-6-7-14-24(21)34)27-30-31-32-33(27)17-20-10-4-3-5-11-20/h3-14,16,19,26H,15,17H2,1-2H3,(H,29,35)/t19-,26-/m0/s1. The molecule has 0 aliphatic carbocycles. The number of hydrogen-bond acceptors (Lipinski definition) is 5. The molecule has 0 saturated heterocycles. The number of anilines is 1. The molecule has 0 unspecified atom stereocenters. The van der Waals surface area contributed by atoms with Crippen LogP contribution in [0.5, 0.6) is 0 Å². The van der Waals surface area contributed by atoms with Crippen LogP contribution < -0.4 is 10.5 Å². The molecule has 7 heteroatoms. The second-order valence-corrected chi connectivity index (χ2v) is 9.26. The highest BCUT2D eigenvalue weighted by atomic mass is 16.1. The van der Waals surface area contributed by atoms with Crippen molar-refractivity contribution in [2.45, 2.75) is 38.9 Å². The van der Waals surface area contributed by atoms with Crippen molar-refractivity contribution in [2.24, 2.45) is 0 Å². The van der Waals surface area contributed by atoms with Crippen LogP contribution in [0.3, 0.4) is 0 Å². The predicted octanol–water partition coefficient (Wildman–Crippen LogP) is 4.41. The Kier molecular flexibility index (Phi) is 5.17. The molecule has 0 saturated carbocycles. The number of nitrogens with one attached hydrogen (secondary N) is 1. The van der Waals surface area contributed by atoms with E-state index in [-0.39, 0.29) is 11.6 Å². The summed E-state index contributed by atoms with van der Waals surface area (Å²) in [5.74, 6) is 0.648. The minimum atomic E-state index is -0.443. The number of rotatable bonds is 5. The Bertz CT molecular complexity index is 1570. The van der Waals surface area contributed by atoms with Crippen molar-refractivity contribution >= 4 is 16.6 Å². The highest BCUT2D eigenvalue weighted by Crippen LogP contribution is 2.40. The van der Waals surface area contributed by atoms with Crippen molar-refractivity contribution in [3.8, 4) is 0 Å². The average Bonchev–Trinajstić information content (AvgIpc) is 3.45. The first-order valence-corrected chi connectivity index (χ1v) is 11.9. The van der Waals surface area contributed by atoms with Crippen molar-refractivity contribution in [3.05, 3.63) is 117 Å². The van der Waals surface area contributed by atoms with E-state index in [1.807, 2.05) is 60.1 Å². The lowest BCUT2D eigenvalue weighted by atomic mass is 10.0. The monoisotopic (exact) mass is 462 g/mol. The zero-order valence-corrected chi connectivity index (χ0v) is 19.7. The molecule has 1 N–H and O–H groups in total. The van der Waals surface area contributed by atoms with Crippen LogP contribution in [-0.4, -0.2) is 31.2 Å². The lowest BCUT2D eigenvalue weighted by Gasteiger charge is -2.33. The number of para-hydroxylation sites is 2. The first-order chi connectivity index (χ1) is 17.1. The normalized spacial score (nSPS) is 15.9. The van der Waals surface area contributed by atoms with Gasteiger partial charge in [-0.1, -0.05) is 66.7 Å². The van der Waals surface area contributed by atoms with Crippen LogP contribution in [0.2, 0.25) is 0 Å². The summed E-state index contributed by atoms with van der Waals surface area (Å²) < 4.78 is 1.81. The van der Waals surface area contributed by atoms with Gasteiger partial charge in [-0.3, -0.25) is 4.79 Å². The van der Waals surface area contributed by atoms with Gasteiger partial charge >= 0.3 is 0 Å². The van der Waals surface area contributed by atoms with Crippen LogP contribution in [0.25, 0.3) is 10.9 Å². The number of aromatic nitrogens is 5. The third kappa shape index (κ3) is 3.69. The van der Waals surface area contributed by atoms with Crippen LogP contribution in [0.4, 0.5) is 5.69 Å². The number of tetrazole rings is 1. The Hall–Kier alpha value is -4.26. The molecule has 7 nitrogen and oxygen atoms in total. The maximum absolute atomic E-state index is 13.6. The van der Waals surface area contributed by atoms with Gasteiger partial charge in [0, 0.05) is 17.3 Å². The van der Waals surface area contributed by atoms with E-state index in [4.69, 9.17) is 0 Å². The minimum Gasteiger partial charge on any atom is -0.354 e. The highest BCUT2D eigenvalue weighted by molar-refractivity contribution is 5.82. The van der Waals surface area contributed by atoms with E-state index in [1.165, 1.54) is 5.56 Å². The van der Waals surface area contributed by atoms with Crippen molar-refractivity contribution in [3.63, 3.8) is 0 Å². The molecule has 6 rings (SSSR count). The molecular weight excluding hydrogens is 436 g/mol. The minimum absolute atomic E-state index is 0.123. The average molecular weight is 463 g/mol. The van der Waals surface area contributed by atoms with Crippen molar-refractivity contribution < 1.29 is 0 Å². The summed E-state index contributed by atoms with van der Waals surface area (Å²) in [4.78, 5) is 19.0. The van der Waals surface area contributed by atoms with Gasteiger partial charge in [0.05, 0.1) is 12.1 Å². The molecule has 2 atom stereocenters. The van der Waals surface area contributed by atoms with E-state index in [0.29, 0.717) is 17.9 Å². The van der Waals surface area contributed by atoms with Crippen LogP contribution >= 0.6 is 0 Å². The zero-order chi connectivity index (χ0) is 23.9. The zero-order valence-electron chi connectivity index (χ0n) is 19.7. The summed E-state index contributed by atoms with van der Waals surface area (Å²) in [6.07, 6.45) is 0.900. The maximum atomic E-state index is 13.6. The molecule has 1 aliphatic heterocycles. The van der Waals surface area contributed by atoms with Gasteiger partial charge in [0.15, 0.2) is 5.82 Å². The summed E-state index contributed by atoms with van der Waals surface area (Å²) in [5.41, 5.74) is 5.88. The van der Waals surface area contributed by atoms with Crippen molar-refractivity contribution in [1.29, 1.82) is 0 Å². The van der Waals surface area contributed by atoms with Gasteiger partial charge in [-0.25, -0.2) is 4.68 Å². The van der Waals surface area contributed by atoms with E-state index in [1.54, 1.807) is 0 Å². The Labute approximate surface area is 203 Å². The number of benzene rings is 3. The largest absolute Gasteiger partial charge is 0.354 e. The number of aryl methyl sites for hydroxylation is 1. The fourth-order valence-corrected chi connectivity index (χ4v) is 5.28. The van der Waals surface area contributed by atoms with Gasteiger partial charge in [-0.15, -0.1) is 5.10 Å². The van der Waals surface area contributed by atoms with Gasteiger partial charge in [-0.05, 0) is 64.9 Å². The second-order valence-electron chi connectivity index (χ2n) is 9.26. The van der Waals surface area contributed by atoms with E-state index in [0.717, 1.165) is 34.1 Å². The van der Waals surface area contributed by atoms with Gasteiger partial charge in [0.25, 0.3) is 5.56 Å². The van der Waals surface area contributed by atoms with Crippen molar-refractivity contribution in [1.82, 2.24) is 25.2 Å². The van der Waals surface area contributed by atoms with Crippen LogP contribution in [0, 0.1) is 6.92 Å². The number of hydrogen-bond donors (Lipinski definition) is 1.